The highest BCUT2D eigenvalue weighted by Gasteiger charge is 2.37. The summed E-state index contributed by atoms with van der Waals surface area (Å²) < 4.78 is 5.37. The number of rotatable bonds is 6. The number of benzene rings is 2. The number of aromatic nitrogens is 2. The van der Waals surface area contributed by atoms with Gasteiger partial charge in [0.15, 0.2) is 5.82 Å². The fourth-order valence-electron chi connectivity index (χ4n) is 3.68. The highest BCUT2D eigenvalue weighted by atomic mass is 16.6. The topological polar surface area (TPSA) is 84.1 Å². The van der Waals surface area contributed by atoms with Crippen molar-refractivity contribution < 1.29 is 14.2 Å². The SMILES string of the molecule is CO/N=C1/C[C@@H](c2noc(CN(C)C)n2)N(C(=O)c2ccc(-c3ccccc3)cc2)C1. The van der Waals surface area contributed by atoms with Crippen LogP contribution in [0, 0.1) is 0 Å². The fourth-order valence-corrected chi connectivity index (χ4v) is 3.68. The predicted molar refractivity (Wildman–Crippen MR) is 116 cm³/mol. The normalized spacial score (nSPS) is 17.5. The first kappa shape index (κ1) is 20.7. The molecular weight excluding hydrogens is 394 g/mol. The van der Waals surface area contributed by atoms with Crippen molar-refractivity contribution >= 4 is 11.6 Å². The second kappa shape index (κ2) is 9.09. The molecule has 1 amide bonds. The van der Waals surface area contributed by atoms with E-state index in [0.29, 0.717) is 36.8 Å². The summed E-state index contributed by atoms with van der Waals surface area (Å²) in [6.07, 6.45) is 0.503. The molecule has 4 rings (SSSR count). The van der Waals surface area contributed by atoms with Gasteiger partial charge in [-0.05, 0) is 37.4 Å². The van der Waals surface area contributed by atoms with Crippen molar-refractivity contribution in [2.24, 2.45) is 5.16 Å². The first-order valence-electron chi connectivity index (χ1n) is 10.1. The summed E-state index contributed by atoms with van der Waals surface area (Å²) >= 11 is 0. The highest BCUT2D eigenvalue weighted by molar-refractivity contribution is 6.00. The maximum atomic E-state index is 13.3. The van der Waals surface area contributed by atoms with E-state index in [9.17, 15) is 4.79 Å². The van der Waals surface area contributed by atoms with Gasteiger partial charge in [-0.15, -0.1) is 0 Å². The molecule has 1 aromatic heterocycles. The van der Waals surface area contributed by atoms with Gasteiger partial charge in [-0.1, -0.05) is 52.8 Å². The lowest BCUT2D eigenvalue weighted by molar-refractivity contribution is 0.0732. The third-order valence-corrected chi connectivity index (χ3v) is 5.11. The van der Waals surface area contributed by atoms with E-state index in [1.807, 2.05) is 73.6 Å². The van der Waals surface area contributed by atoms with E-state index in [-0.39, 0.29) is 11.9 Å². The smallest absolute Gasteiger partial charge is 0.254 e. The van der Waals surface area contributed by atoms with E-state index >= 15 is 0 Å². The van der Waals surface area contributed by atoms with Crippen LogP contribution in [0.1, 0.15) is 34.5 Å². The molecule has 0 radical (unpaired) electrons. The van der Waals surface area contributed by atoms with E-state index in [2.05, 4.69) is 15.3 Å². The standard InChI is InChI=1S/C23H25N5O3/c1-27(2)15-21-24-22(26-31-21)20-13-19(25-30-3)14-28(20)23(29)18-11-9-17(10-12-18)16-7-5-4-6-8-16/h4-12,20H,13-15H2,1-3H3/b25-19-/t20-/m0/s1. The van der Waals surface area contributed by atoms with Crippen LogP contribution in [0.25, 0.3) is 11.1 Å². The average Bonchev–Trinajstić information content (AvgIpc) is 3.41. The molecule has 1 saturated heterocycles. The van der Waals surface area contributed by atoms with E-state index < -0.39 is 0 Å². The summed E-state index contributed by atoms with van der Waals surface area (Å²) in [4.78, 5) is 26.5. The number of carbonyl (C=O) groups excluding carboxylic acids is 1. The first-order valence-corrected chi connectivity index (χ1v) is 10.1. The van der Waals surface area contributed by atoms with Crippen molar-refractivity contribution in [1.82, 2.24) is 19.9 Å². The molecule has 0 bridgehead atoms. The molecule has 0 spiro atoms. The van der Waals surface area contributed by atoms with Crippen LogP contribution in [-0.2, 0) is 11.4 Å². The Labute approximate surface area is 181 Å². The largest absolute Gasteiger partial charge is 0.399 e. The Kier molecular flexibility index (Phi) is 6.08. The predicted octanol–water partition coefficient (Wildman–Crippen LogP) is 3.39. The molecule has 2 aromatic carbocycles. The van der Waals surface area contributed by atoms with Gasteiger partial charge in [0, 0.05) is 12.0 Å². The van der Waals surface area contributed by atoms with E-state index in [4.69, 9.17) is 9.36 Å². The molecule has 8 nitrogen and oxygen atoms in total. The number of nitrogens with zero attached hydrogens (tertiary/aromatic N) is 5. The quantitative estimate of drug-likeness (QED) is 0.570. The van der Waals surface area contributed by atoms with Gasteiger partial charge >= 0.3 is 0 Å². The summed E-state index contributed by atoms with van der Waals surface area (Å²) in [5.41, 5.74) is 3.53. The number of oxime groups is 1. The van der Waals surface area contributed by atoms with Gasteiger partial charge in [0.05, 0.1) is 18.8 Å². The van der Waals surface area contributed by atoms with Gasteiger partial charge in [0.25, 0.3) is 5.91 Å². The minimum atomic E-state index is -0.352. The lowest BCUT2D eigenvalue weighted by atomic mass is 10.0. The lowest BCUT2D eigenvalue weighted by Gasteiger charge is -2.21. The summed E-state index contributed by atoms with van der Waals surface area (Å²) in [6.45, 7) is 0.892. The van der Waals surface area contributed by atoms with Crippen molar-refractivity contribution in [3.8, 4) is 11.1 Å². The molecule has 0 N–H and O–H groups in total. The molecule has 0 unspecified atom stereocenters. The van der Waals surface area contributed by atoms with Gasteiger partial charge in [0.2, 0.25) is 5.89 Å². The molecule has 31 heavy (non-hydrogen) atoms. The third-order valence-electron chi connectivity index (χ3n) is 5.11. The Bertz CT molecular complexity index is 1060. The summed E-state index contributed by atoms with van der Waals surface area (Å²) in [7, 11) is 5.35. The Morgan fingerprint density at radius 2 is 1.87 bits per heavy atom. The fraction of sp³-hybridized carbons (Fsp3) is 0.304. The van der Waals surface area contributed by atoms with Crippen LogP contribution in [0.15, 0.2) is 64.3 Å². The lowest BCUT2D eigenvalue weighted by Crippen LogP contribution is -2.31. The van der Waals surface area contributed by atoms with Crippen molar-refractivity contribution in [3.05, 3.63) is 71.9 Å². The van der Waals surface area contributed by atoms with E-state index in [0.717, 1.165) is 16.8 Å². The monoisotopic (exact) mass is 419 g/mol. The molecule has 8 heteroatoms. The number of hydrogen-bond acceptors (Lipinski definition) is 7. The molecule has 0 aliphatic carbocycles. The van der Waals surface area contributed by atoms with Crippen molar-refractivity contribution in [1.29, 1.82) is 0 Å². The molecule has 160 valence electrons. The van der Waals surface area contributed by atoms with Crippen LogP contribution in [0.5, 0.6) is 0 Å². The molecule has 1 aliphatic heterocycles. The summed E-state index contributed by atoms with van der Waals surface area (Å²) in [6, 6.07) is 17.3. The number of amides is 1. The van der Waals surface area contributed by atoms with Crippen LogP contribution in [0.2, 0.25) is 0 Å². The minimum Gasteiger partial charge on any atom is -0.399 e. The number of likely N-dealkylation sites (tertiary alicyclic amines) is 1. The van der Waals surface area contributed by atoms with Crippen LogP contribution in [0.4, 0.5) is 0 Å². The zero-order chi connectivity index (χ0) is 21.8. The average molecular weight is 419 g/mol. The molecule has 1 atom stereocenters. The minimum absolute atomic E-state index is 0.107. The zero-order valence-electron chi connectivity index (χ0n) is 17.9. The second-order valence-corrected chi connectivity index (χ2v) is 7.72. The van der Waals surface area contributed by atoms with E-state index in [1.54, 1.807) is 4.90 Å². The molecule has 0 saturated carbocycles. The van der Waals surface area contributed by atoms with Crippen LogP contribution in [0.3, 0.4) is 0 Å². The van der Waals surface area contributed by atoms with Crippen molar-refractivity contribution in [2.75, 3.05) is 27.7 Å². The van der Waals surface area contributed by atoms with Gasteiger partial charge < -0.3 is 19.2 Å². The Morgan fingerprint density at radius 1 is 1.16 bits per heavy atom. The van der Waals surface area contributed by atoms with Gasteiger partial charge in [-0.2, -0.15) is 4.98 Å². The molecule has 1 fully saturated rings. The molecule has 2 heterocycles. The third kappa shape index (κ3) is 4.64. The highest BCUT2D eigenvalue weighted by Crippen LogP contribution is 2.31. The Morgan fingerprint density at radius 3 is 2.55 bits per heavy atom. The number of hydrogen-bond donors (Lipinski definition) is 0. The number of carbonyl (C=O) groups is 1. The Balaban J connectivity index is 1.58. The van der Waals surface area contributed by atoms with Crippen LogP contribution in [-0.4, -0.2) is 59.3 Å². The first-order chi connectivity index (χ1) is 15.0. The van der Waals surface area contributed by atoms with E-state index in [1.165, 1.54) is 7.11 Å². The summed E-state index contributed by atoms with van der Waals surface area (Å²) in [5, 5.41) is 8.19. The zero-order valence-corrected chi connectivity index (χ0v) is 17.9. The molecular formula is C23H25N5O3. The second-order valence-electron chi connectivity index (χ2n) is 7.72. The van der Waals surface area contributed by atoms with Crippen molar-refractivity contribution in [2.45, 2.75) is 19.0 Å². The summed E-state index contributed by atoms with van der Waals surface area (Å²) in [5.74, 6) is 0.883. The maximum absolute atomic E-state index is 13.3. The maximum Gasteiger partial charge on any atom is 0.254 e. The van der Waals surface area contributed by atoms with Crippen LogP contribution < -0.4 is 0 Å². The van der Waals surface area contributed by atoms with Gasteiger partial charge in [-0.25, -0.2) is 0 Å². The molecule has 3 aromatic rings. The van der Waals surface area contributed by atoms with Gasteiger partial charge in [-0.3, -0.25) is 4.79 Å². The van der Waals surface area contributed by atoms with Crippen molar-refractivity contribution in [3.63, 3.8) is 0 Å². The Hall–Kier alpha value is -3.52. The van der Waals surface area contributed by atoms with Gasteiger partial charge in [0.1, 0.15) is 13.2 Å². The molecule has 1 aliphatic rings. The van der Waals surface area contributed by atoms with Crippen LogP contribution >= 0.6 is 0 Å².